The predicted octanol–water partition coefficient (Wildman–Crippen LogP) is 1.16. The molecule has 1 aliphatic heterocycles. The smallest absolute Gasteiger partial charge is 0.140 e. The monoisotopic (exact) mass is 217 g/mol. The summed E-state index contributed by atoms with van der Waals surface area (Å²) in [6.45, 7) is 5.32. The summed E-state index contributed by atoms with van der Waals surface area (Å²) in [4.78, 5) is 6.07. The number of rotatable bonds is 2. The zero-order chi connectivity index (χ0) is 11.8. The van der Waals surface area contributed by atoms with Crippen molar-refractivity contribution in [1.29, 1.82) is 5.26 Å². The number of hydrogen-bond donors (Lipinski definition) is 1. The van der Waals surface area contributed by atoms with Crippen molar-refractivity contribution in [3.05, 3.63) is 24.0 Å². The Morgan fingerprint density at radius 3 is 2.62 bits per heavy atom. The van der Waals surface area contributed by atoms with Crippen LogP contribution in [0.15, 0.2) is 18.3 Å². The average Bonchev–Trinajstić information content (AvgIpc) is 2.25. The van der Waals surface area contributed by atoms with E-state index in [-0.39, 0.29) is 5.92 Å². The van der Waals surface area contributed by atoms with Gasteiger partial charge in [0.05, 0.1) is 11.9 Å². The lowest BCUT2D eigenvalue weighted by Crippen LogP contribution is -2.64. The van der Waals surface area contributed by atoms with Crippen molar-refractivity contribution in [2.45, 2.75) is 19.4 Å². The second-order valence-electron chi connectivity index (χ2n) is 4.63. The van der Waals surface area contributed by atoms with Crippen LogP contribution in [0.1, 0.15) is 19.5 Å². The summed E-state index contributed by atoms with van der Waals surface area (Å²) in [6, 6.07) is 5.55. The second kappa shape index (κ2) is 3.76. The molecule has 0 radical (unpaired) electrons. The third-order valence-electron chi connectivity index (χ3n) is 3.23. The van der Waals surface area contributed by atoms with Crippen molar-refractivity contribution in [2.24, 2.45) is 5.92 Å². The van der Waals surface area contributed by atoms with Crippen LogP contribution in [-0.2, 0) is 0 Å². The molecule has 4 nitrogen and oxygen atoms in total. The largest absolute Gasteiger partial charge is 0.386 e. The van der Waals surface area contributed by atoms with E-state index in [1.165, 1.54) is 0 Å². The fourth-order valence-corrected chi connectivity index (χ4v) is 1.80. The van der Waals surface area contributed by atoms with Gasteiger partial charge in [-0.15, -0.1) is 0 Å². The highest BCUT2D eigenvalue weighted by molar-refractivity contribution is 5.50. The summed E-state index contributed by atoms with van der Waals surface area (Å²) in [5, 5.41) is 18.7. The third kappa shape index (κ3) is 1.74. The molecule has 1 aromatic heterocycles. The van der Waals surface area contributed by atoms with Gasteiger partial charge in [0.1, 0.15) is 17.4 Å². The van der Waals surface area contributed by atoms with E-state index in [2.05, 4.69) is 9.88 Å². The van der Waals surface area contributed by atoms with Gasteiger partial charge in [-0.05, 0) is 18.1 Å². The highest BCUT2D eigenvalue weighted by Crippen LogP contribution is 2.32. The molecule has 0 amide bonds. The molecular weight excluding hydrogens is 202 g/mol. The van der Waals surface area contributed by atoms with Crippen LogP contribution in [0, 0.1) is 17.2 Å². The zero-order valence-corrected chi connectivity index (χ0v) is 9.51. The molecule has 0 bridgehead atoms. The van der Waals surface area contributed by atoms with Crippen LogP contribution in [0.4, 0.5) is 5.69 Å². The predicted molar refractivity (Wildman–Crippen MR) is 61.0 cm³/mol. The van der Waals surface area contributed by atoms with Crippen LogP contribution in [-0.4, -0.2) is 28.8 Å². The summed E-state index contributed by atoms with van der Waals surface area (Å²) < 4.78 is 0. The van der Waals surface area contributed by atoms with Crippen molar-refractivity contribution in [3.63, 3.8) is 0 Å². The SMILES string of the molecule is CC(C)C1(O)CN(c2ccc(C#N)nc2)C1. The van der Waals surface area contributed by atoms with Gasteiger partial charge in [0.2, 0.25) is 0 Å². The number of nitriles is 1. The molecule has 0 spiro atoms. The highest BCUT2D eigenvalue weighted by atomic mass is 16.3. The lowest BCUT2D eigenvalue weighted by molar-refractivity contribution is -0.0300. The van der Waals surface area contributed by atoms with E-state index in [4.69, 9.17) is 5.26 Å². The summed E-state index contributed by atoms with van der Waals surface area (Å²) in [5.74, 6) is 0.259. The van der Waals surface area contributed by atoms with E-state index in [0.717, 1.165) is 5.69 Å². The normalized spacial score (nSPS) is 18.1. The Hall–Kier alpha value is -1.60. The second-order valence-corrected chi connectivity index (χ2v) is 4.63. The Morgan fingerprint density at radius 1 is 1.50 bits per heavy atom. The fourth-order valence-electron chi connectivity index (χ4n) is 1.80. The molecular formula is C12H15N3O. The van der Waals surface area contributed by atoms with E-state index in [9.17, 15) is 5.11 Å². The first-order chi connectivity index (χ1) is 7.55. The van der Waals surface area contributed by atoms with E-state index in [1.807, 2.05) is 26.0 Å². The molecule has 0 atom stereocenters. The molecule has 1 aliphatic rings. The van der Waals surface area contributed by atoms with Crippen LogP contribution in [0.25, 0.3) is 0 Å². The lowest BCUT2D eigenvalue weighted by atomic mass is 9.83. The number of anilines is 1. The lowest BCUT2D eigenvalue weighted by Gasteiger charge is -2.50. The van der Waals surface area contributed by atoms with Crippen LogP contribution < -0.4 is 4.90 Å². The Bertz CT molecular complexity index is 413. The minimum absolute atomic E-state index is 0.259. The van der Waals surface area contributed by atoms with Crippen molar-refractivity contribution in [3.8, 4) is 6.07 Å². The maximum absolute atomic E-state index is 10.1. The molecule has 1 aromatic rings. The highest BCUT2D eigenvalue weighted by Gasteiger charge is 2.43. The van der Waals surface area contributed by atoms with Gasteiger partial charge in [-0.3, -0.25) is 0 Å². The summed E-state index contributed by atoms with van der Waals surface area (Å²) in [5.41, 5.74) is 0.807. The number of aromatic nitrogens is 1. The van der Waals surface area contributed by atoms with E-state index in [1.54, 1.807) is 12.3 Å². The van der Waals surface area contributed by atoms with Gasteiger partial charge in [0.15, 0.2) is 0 Å². The van der Waals surface area contributed by atoms with Gasteiger partial charge >= 0.3 is 0 Å². The van der Waals surface area contributed by atoms with Crippen molar-refractivity contribution >= 4 is 5.69 Å². The van der Waals surface area contributed by atoms with Gasteiger partial charge in [0.25, 0.3) is 0 Å². The van der Waals surface area contributed by atoms with Gasteiger partial charge < -0.3 is 10.0 Å². The Kier molecular flexibility index (Phi) is 2.56. The first kappa shape index (κ1) is 10.9. The summed E-state index contributed by atoms with van der Waals surface area (Å²) in [6.07, 6.45) is 1.68. The van der Waals surface area contributed by atoms with Gasteiger partial charge in [-0.1, -0.05) is 13.8 Å². The number of hydrogen-bond acceptors (Lipinski definition) is 4. The van der Waals surface area contributed by atoms with Crippen LogP contribution >= 0.6 is 0 Å². The first-order valence-corrected chi connectivity index (χ1v) is 5.38. The van der Waals surface area contributed by atoms with Crippen molar-refractivity contribution < 1.29 is 5.11 Å². The Balaban J connectivity index is 2.04. The maximum Gasteiger partial charge on any atom is 0.140 e. The number of nitrogens with zero attached hydrogens (tertiary/aromatic N) is 3. The van der Waals surface area contributed by atoms with Crippen LogP contribution in [0.3, 0.4) is 0 Å². The quantitative estimate of drug-likeness (QED) is 0.807. The maximum atomic E-state index is 10.1. The molecule has 1 N–H and O–H groups in total. The zero-order valence-electron chi connectivity index (χ0n) is 9.51. The molecule has 84 valence electrons. The molecule has 4 heteroatoms. The molecule has 2 rings (SSSR count). The van der Waals surface area contributed by atoms with Crippen LogP contribution in [0.5, 0.6) is 0 Å². The number of aliphatic hydroxyl groups is 1. The topological polar surface area (TPSA) is 60.1 Å². The molecule has 1 fully saturated rings. The Labute approximate surface area is 95.1 Å². The number of pyridine rings is 1. The molecule has 0 aromatic carbocycles. The van der Waals surface area contributed by atoms with Crippen molar-refractivity contribution in [1.82, 2.24) is 4.98 Å². The first-order valence-electron chi connectivity index (χ1n) is 5.38. The molecule has 0 saturated carbocycles. The minimum atomic E-state index is -0.575. The summed E-state index contributed by atoms with van der Waals surface area (Å²) in [7, 11) is 0. The molecule has 0 aliphatic carbocycles. The van der Waals surface area contributed by atoms with Crippen molar-refractivity contribution in [2.75, 3.05) is 18.0 Å². The fraction of sp³-hybridized carbons (Fsp3) is 0.500. The van der Waals surface area contributed by atoms with Gasteiger partial charge in [0, 0.05) is 13.1 Å². The van der Waals surface area contributed by atoms with E-state index < -0.39 is 5.60 Å². The standard InChI is InChI=1S/C12H15N3O/c1-9(2)12(16)7-15(8-12)11-4-3-10(5-13)14-6-11/h3-4,6,9,16H,7-8H2,1-2H3. The summed E-state index contributed by atoms with van der Waals surface area (Å²) >= 11 is 0. The third-order valence-corrected chi connectivity index (χ3v) is 3.23. The minimum Gasteiger partial charge on any atom is -0.386 e. The molecule has 2 heterocycles. The number of β-amino-alcohol motifs (C(OH)–C–C–N with tert-alkyl or cyclic N) is 1. The van der Waals surface area contributed by atoms with Gasteiger partial charge in [-0.25, -0.2) is 4.98 Å². The van der Waals surface area contributed by atoms with E-state index in [0.29, 0.717) is 18.8 Å². The molecule has 1 saturated heterocycles. The average molecular weight is 217 g/mol. The molecule has 16 heavy (non-hydrogen) atoms. The van der Waals surface area contributed by atoms with Crippen LogP contribution in [0.2, 0.25) is 0 Å². The Morgan fingerprint density at radius 2 is 2.19 bits per heavy atom. The van der Waals surface area contributed by atoms with Gasteiger partial charge in [-0.2, -0.15) is 5.26 Å². The van der Waals surface area contributed by atoms with E-state index >= 15 is 0 Å². The molecule has 0 unspecified atom stereocenters.